The van der Waals surface area contributed by atoms with Crippen LogP contribution in [0.5, 0.6) is 17.2 Å². The van der Waals surface area contributed by atoms with Crippen LogP contribution in [0.4, 0.5) is 0 Å². The summed E-state index contributed by atoms with van der Waals surface area (Å²) in [6.07, 6.45) is 0. The third-order valence-corrected chi connectivity index (χ3v) is 3.69. The number of rotatable bonds is 9. The zero-order valence-corrected chi connectivity index (χ0v) is 15.7. The predicted octanol–water partition coefficient (Wildman–Crippen LogP) is 2.25. The second-order valence-electron chi connectivity index (χ2n) is 5.85. The monoisotopic (exact) mass is 372 g/mol. The summed E-state index contributed by atoms with van der Waals surface area (Å²) in [6, 6.07) is 14.0. The van der Waals surface area contributed by atoms with E-state index in [4.69, 9.17) is 14.2 Å². The highest BCUT2D eigenvalue weighted by molar-refractivity contribution is 5.86. The molecule has 2 amide bonds. The van der Waals surface area contributed by atoms with Gasteiger partial charge in [0, 0.05) is 26.6 Å². The van der Waals surface area contributed by atoms with Crippen molar-refractivity contribution in [2.24, 2.45) is 0 Å². The smallest absolute Gasteiger partial charge is 0.245 e. The number of hydrogen-bond donors (Lipinski definition) is 2. The van der Waals surface area contributed by atoms with E-state index >= 15 is 0 Å². The summed E-state index contributed by atoms with van der Waals surface area (Å²) < 4.78 is 15.9. The molecule has 0 radical (unpaired) electrons. The first-order chi connectivity index (χ1) is 13.0. The Morgan fingerprint density at radius 3 is 2.33 bits per heavy atom. The van der Waals surface area contributed by atoms with Gasteiger partial charge in [0.05, 0.1) is 13.7 Å². The van der Waals surface area contributed by atoms with E-state index in [1.54, 1.807) is 13.2 Å². The second kappa shape index (κ2) is 10.2. The van der Waals surface area contributed by atoms with Crippen LogP contribution in [-0.2, 0) is 20.9 Å². The van der Waals surface area contributed by atoms with Crippen molar-refractivity contribution in [3.05, 3.63) is 54.1 Å². The van der Waals surface area contributed by atoms with Gasteiger partial charge in [-0.25, -0.2) is 0 Å². The van der Waals surface area contributed by atoms with Crippen molar-refractivity contribution in [3.8, 4) is 17.2 Å². The highest BCUT2D eigenvalue weighted by Gasteiger charge is 2.18. The summed E-state index contributed by atoms with van der Waals surface area (Å²) in [6.45, 7) is 1.80. The van der Waals surface area contributed by atoms with Crippen molar-refractivity contribution in [2.45, 2.75) is 19.5 Å². The summed E-state index contributed by atoms with van der Waals surface area (Å²) in [5.41, 5.74) is 0.903. The van der Waals surface area contributed by atoms with Gasteiger partial charge in [0.2, 0.25) is 11.8 Å². The van der Waals surface area contributed by atoms with Crippen LogP contribution in [0.15, 0.2) is 48.5 Å². The minimum Gasteiger partial charge on any atom is -0.497 e. The Kier molecular flexibility index (Phi) is 7.63. The molecule has 0 saturated heterocycles. The highest BCUT2D eigenvalue weighted by atomic mass is 16.5. The first kappa shape index (κ1) is 20.3. The molecule has 0 aliphatic carbocycles. The first-order valence-electron chi connectivity index (χ1n) is 8.46. The van der Waals surface area contributed by atoms with Crippen molar-refractivity contribution in [2.75, 3.05) is 20.8 Å². The third kappa shape index (κ3) is 6.63. The van der Waals surface area contributed by atoms with Crippen molar-refractivity contribution < 1.29 is 23.8 Å². The van der Waals surface area contributed by atoms with Gasteiger partial charge < -0.3 is 24.8 Å². The Morgan fingerprint density at radius 2 is 1.70 bits per heavy atom. The van der Waals surface area contributed by atoms with E-state index in [0.29, 0.717) is 18.0 Å². The lowest BCUT2D eigenvalue weighted by Crippen LogP contribution is -2.48. The fraction of sp³-hybridized carbons (Fsp3) is 0.300. The summed E-state index contributed by atoms with van der Waals surface area (Å²) in [5, 5.41) is 5.34. The van der Waals surface area contributed by atoms with Gasteiger partial charge in [-0.05, 0) is 29.8 Å². The molecule has 2 N–H and O–H groups in total. The van der Waals surface area contributed by atoms with Gasteiger partial charge in [0.15, 0.2) is 0 Å². The van der Waals surface area contributed by atoms with E-state index in [9.17, 15) is 9.59 Å². The number of hydrogen-bond acceptors (Lipinski definition) is 5. The SMILES string of the molecule is COC[C@@H](NC(C)=O)C(=O)NCc1ccc(Oc2cccc(OC)c2)cc1. The van der Waals surface area contributed by atoms with E-state index < -0.39 is 6.04 Å². The van der Waals surface area contributed by atoms with Gasteiger partial charge in [-0.1, -0.05) is 18.2 Å². The van der Waals surface area contributed by atoms with Gasteiger partial charge >= 0.3 is 0 Å². The maximum atomic E-state index is 12.2. The molecule has 0 aliphatic heterocycles. The topological polar surface area (TPSA) is 85.9 Å². The van der Waals surface area contributed by atoms with Crippen LogP contribution in [0, 0.1) is 0 Å². The molecule has 27 heavy (non-hydrogen) atoms. The van der Waals surface area contributed by atoms with Gasteiger partial charge in [0.25, 0.3) is 0 Å². The zero-order chi connectivity index (χ0) is 19.6. The van der Waals surface area contributed by atoms with Crippen LogP contribution in [0.2, 0.25) is 0 Å². The number of methoxy groups -OCH3 is 2. The number of benzene rings is 2. The largest absolute Gasteiger partial charge is 0.497 e. The van der Waals surface area contributed by atoms with E-state index in [1.807, 2.05) is 42.5 Å². The standard InChI is InChI=1S/C20H24N2O5/c1-14(23)22-19(13-25-2)20(24)21-12-15-7-9-16(10-8-15)27-18-6-4-5-17(11-18)26-3/h4-11,19H,12-13H2,1-3H3,(H,21,24)(H,22,23)/t19-/m1/s1. The molecule has 2 aromatic rings. The van der Waals surface area contributed by atoms with Gasteiger partial charge in [0.1, 0.15) is 23.3 Å². The van der Waals surface area contributed by atoms with Crippen LogP contribution in [-0.4, -0.2) is 38.7 Å². The van der Waals surface area contributed by atoms with Crippen molar-refractivity contribution in [1.29, 1.82) is 0 Å². The van der Waals surface area contributed by atoms with Crippen LogP contribution >= 0.6 is 0 Å². The molecule has 0 spiro atoms. The Labute approximate surface area is 158 Å². The van der Waals surface area contributed by atoms with E-state index in [2.05, 4.69) is 10.6 Å². The van der Waals surface area contributed by atoms with Crippen molar-refractivity contribution >= 4 is 11.8 Å². The van der Waals surface area contributed by atoms with Crippen molar-refractivity contribution in [3.63, 3.8) is 0 Å². The number of carbonyl (C=O) groups is 2. The van der Waals surface area contributed by atoms with Gasteiger partial charge in [-0.15, -0.1) is 0 Å². The summed E-state index contributed by atoms with van der Waals surface area (Å²) in [4.78, 5) is 23.3. The molecule has 0 aromatic heterocycles. The molecule has 0 unspecified atom stereocenters. The number of amides is 2. The lowest BCUT2D eigenvalue weighted by Gasteiger charge is -2.16. The maximum Gasteiger partial charge on any atom is 0.245 e. The lowest BCUT2D eigenvalue weighted by atomic mass is 10.2. The Hall–Kier alpha value is -3.06. The molecule has 0 heterocycles. The quantitative estimate of drug-likeness (QED) is 0.705. The van der Waals surface area contributed by atoms with Crippen LogP contribution in [0.1, 0.15) is 12.5 Å². The first-order valence-corrected chi connectivity index (χ1v) is 8.46. The Balaban J connectivity index is 1.91. The predicted molar refractivity (Wildman–Crippen MR) is 101 cm³/mol. The van der Waals surface area contributed by atoms with E-state index in [1.165, 1.54) is 14.0 Å². The molecule has 2 aromatic carbocycles. The van der Waals surface area contributed by atoms with E-state index in [0.717, 1.165) is 11.3 Å². The molecule has 0 fully saturated rings. The maximum absolute atomic E-state index is 12.2. The molecule has 1 atom stereocenters. The Bertz CT molecular complexity index is 761. The summed E-state index contributed by atoms with van der Waals surface area (Å²) in [5.74, 6) is 1.48. The highest BCUT2D eigenvalue weighted by Crippen LogP contribution is 2.25. The van der Waals surface area contributed by atoms with Crippen LogP contribution < -0.4 is 20.1 Å². The normalized spacial score (nSPS) is 11.4. The molecular formula is C20H24N2O5. The lowest BCUT2D eigenvalue weighted by molar-refractivity contribution is -0.129. The zero-order valence-electron chi connectivity index (χ0n) is 15.7. The van der Waals surface area contributed by atoms with Crippen LogP contribution in [0.3, 0.4) is 0 Å². The summed E-state index contributed by atoms with van der Waals surface area (Å²) >= 11 is 0. The third-order valence-electron chi connectivity index (χ3n) is 3.69. The van der Waals surface area contributed by atoms with Gasteiger partial charge in [-0.3, -0.25) is 9.59 Å². The number of nitrogens with one attached hydrogen (secondary N) is 2. The molecule has 7 heteroatoms. The molecule has 0 aliphatic rings. The molecule has 0 saturated carbocycles. The molecule has 2 rings (SSSR count). The van der Waals surface area contributed by atoms with E-state index in [-0.39, 0.29) is 18.4 Å². The fourth-order valence-electron chi connectivity index (χ4n) is 2.38. The minimum absolute atomic E-state index is 0.110. The average molecular weight is 372 g/mol. The Morgan fingerprint density at radius 1 is 1.00 bits per heavy atom. The molecule has 7 nitrogen and oxygen atoms in total. The molecular weight excluding hydrogens is 348 g/mol. The minimum atomic E-state index is -0.719. The van der Waals surface area contributed by atoms with Crippen LogP contribution in [0.25, 0.3) is 0 Å². The molecule has 0 bridgehead atoms. The number of ether oxygens (including phenoxy) is 3. The fourth-order valence-corrected chi connectivity index (χ4v) is 2.38. The number of carbonyl (C=O) groups excluding carboxylic acids is 2. The molecule has 144 valence electrons. The van der Waals surface area contributed by atoms with Crippen molar-refractivity contribution in [1.82, 2.24) is 10.6 Å². The average Bonchev–Trinajstić information content (AvgIpc) is 2.66. The summed E-state index contributed by atoms with van der Waals surface area (Å²) in [7, 11) is 3.08. The van der Waals surface area contributed by atoms with Gasteiger partial charge in [-0.2, -0.15) is 0 Å². The second-order valence-corrected chi connectivity index (χ2v) is 5.85.